The number of nitrogens with zero attached hydrogens (tertiary/aromatic N) is 3. The molecule has 0 saturated carbocycles. The smallest absolute Gasteiger partial charge is 0.222 e. The number of imidazole rings is 1. The minimum atomic E-state index is -0.436. The van der Waals surface area contributed by atoms with E-state index in [0.717, 1.165) is 16.5 Å². The number of aryl methyl sites for hydroxylation is 2. The van der Waals surface area contributed by atoms with E-state index < -0.39 is 6.04 Å². The van der Waals surface area contributed by atoms with Gasteiger partial charge in [-0.3, -0.25) is 4.79 Å². The molecule has 0 saturated heterocycles. The Balaban J connectivity index is 1.51. The zero-order valence-corrected chi connectivity index (χ0v) is 15.5. The summed E-state index contributed by atoms with van der Waals surface area (Å²) < 4.78 is 17.3. The monoisotopic (exact) mass is 376 g/mol. The van der Waals surface area contributed by atoms with E-state index in [0.29, 0.717) is 18.8 Å². The highest BCUT2D eigenvalue weighted by molar-refractivity contribution is 5.80. The molecule has 28 heavy (non-hydrogen) atoms. The first-order valence-electron chi connectivity index (χ1n) is 9.18. The Kier molecular flexibility index (Phi) is 4.93. The van der Waals surface area contributed by atoms with E-state index >= 15 is 0 Å². The fourth-order valence-electron chi connectivity index (χ4n) is 3.40. The molecule has 2 aromatic carbocycles. The van der Waals surface area contributed by atoms with Crippen LogP contribution in [0.1, 0.15) is 23.9 Å². The molecule has 1 unspecified atom stereocenters. The first-order valence-corrected chi connectivity index (χ1v) is 9.18. The number of nitrogens with one attached hydrogen (secondary N) is 1. The largest absolute Gasteiger partial charge is 0.347 e. The molecule has 0 bridgehead atoms. The number of para-hydroxylation sites is 1. The van der Waals surface area contributed by atoms with Gasteiger partial charge in [0.25, 0.3) is 0 Å². The number of amides is 1. The molecule has 0 radical (unpaired) electrons. The van der Waals surface area contributed by atoms with E-state index in [9.17, 15) is 9.18 Å². The second-order valence-corrected chi connectivity index (χ2v) is 6.77. The summed E-state index contributed by atoms with van der Waals surface area (Å²) in [5, 5.41) is 4.20. The Morgan fingerprint density at radius 2 is 1.89 bits per heavy atom. The fourth-order valence-corrected chi connectivity index (χ4v) is 3.40. The second kappa shape index (κ2) is 7.68. The van der Waals surface area contributed by atoms with Gasteiger partial charge < -0.3 is 14.5 Å². The van der Waals surface area contributed by atoms with E-state index in [1.54, 1.807) is 18.3 Å². The Morgan fingerprint density at radius 3 is 2.64 bits per heavy atom. The first-order chi connectivity index (χ1) is 13.6. The van der Waals surface area contributed by atoms with Crippen molar-refractivity contribution in [2.24, 2.45) is 7.05 Å². The Morgan fingerprint density at radius 1 is 1.11 bits per heavy atom. The van der Waals surface area contributed by atoms with E-state index in [-0.39, 0.29) is 11.7 Å². The van der Waals surface area contributed by atoms with Gasteiger partial charge in [0.15, 0.2) is 0 Å². The zero-order chi connectivity index (χ0) is 19.5. The highest BCUT2D eigenvalue weighted by atomic mass is 19.1. The number of aromatic nitrogens is 3. The van der Waals surface area contributed by atoms with Gasteiger partial charge in [-0.25, -0.2) is 9.37 Å². The summed E-state index contributed by atoms with van der Waals surface area (Å²) in [6.45, 7) is 0.579. The number of carbonyl (C=O) groups is 1. The van der Waals surface area contributed by atoms with Crippen LogP contribution in [0.4, 0.5) is 4.39 Å². The maximum Gasteiger partial charge on any atom is 0.222 e. The van der Waals surface area contributed by atoms with Gasteiger partial charge in [-0.1, -0.05) is 30.3 Å². The predicted octanol–water partition coefficient (Wildman–Crippen LogP) is 3.81. The molecule has 0 fully saturated rings. The molecule has 2 heterocycles. The van der Waals surface area contributed by atoms with E-state index in [1.807, 2.05) is 48.3 Å². The lowest BCUT2D eigenvalue weighted by atomic mass is 10.1. The van der Waals surface area contributed by atoms with Gasteiger partial charge in [0.05, 0.1) is 0 Å². The third-order valence-corrected chi connectivity index (χ3v) is 4.89. The van der Waals surface area contributed by atoms with E-state index in [4.69, 9.17) is 0 Å². The van der Waals surface area contributed by atoms with Gasteiger partial charge in [0, 0.05) is 44.1 Å². The zero-order valence-electron chi connectivity index (χ0n) is 15.5. The first kappa shape index (κ1) is 18.0. The molecule has 4 aromatic rings. The number of carbonyl (C=O) groups excluding carboxylic acids is 1. The molecule has 1 N–H and O–H groups in total. The Labute approximate surface area is 162 Å². The lowest BCUT2D eigenvalue weighted by Crippen LogP contribution is -2.31. The van der Waals surface area contributed by atoms with Gasteiger partial charge in [-0.05, 0) is 35.2 Å². The van der Waals surface area contributed by atoms with Crippen molar-refractivity contribution in [2.45, 2.75) is 19.0 Å². The lowest BCUT2D eigenvalue weighted by molar-refractivity contribution is -0.121. The van der Waals surface area contributed by atoms with Crippen LogP contribution in [0.5, 0.6) is 0 Å². The molecular weight excluding hydrogens is 355 g/mol. The van der Waals surface area contributed by atoms with Crippen molar-refractivity contribution in [1.29, 1.82) is 0 Å². The van der Waals surface area contributed by atoms with Crippen molar-refractivity contribution in [3.05, 3.63) is 90.4 Å². The van der Waals surface area contributed by atoms with Crippen molar-refractivity contribution in [3.63, 3.8) is 0 Å². The quantitative estimate of drug-likeness (QED) is 0.556. The Bertz CT molecular complexity index is 1100. The standard InChI is InChI=1S/C22H21FN4O/c1-26-15-12-24-22(26)21(17-6-8-18(23)9-7-17)25-20(28)11-14-27-13-10-16-4-2-3-5-19(16)27/h2-10,12-13,15,21H,11,14H2,1H3,(H,25,28). The summed E-state index contributed by atoms with van der Waals surface area (Å²) in [6.07, 6.45) is 5.84. The lowest BCUT2D eigenvalue weighted by Gasteiger charge is -2.19. The van der Waals surface area contributed by atoms with Crippen LogP contribution in [0.3, 0.4) is 0 Å². The van der Waals surface area contributed by atoms with Crippen molar-refractivity contribution in [3.8, 4) is 0 Å². The summed E-state index contributed by atoms with van der Waals surface area (Å²) in [5.74, 6) is 0.301. The molecule has 0 aliphatic heterocycles. The number of halogens is 1. The molecule has 142 valence electrons. The van der Waals surface area contributed by atoms with E-state index in [1.165, 1.54) is 12.1 Å². The average Bonchev–Trinajstić information content (AvgIpc) is 3.31. The van der Waals surface area contributed by atoms with Crippen LogP contribution in [-0.4, -0.2) is 20.0 Å². The Hall–Kier alpha value is -3.41. The number of benzene rings is 2. The maximum atomic E-state index is 13.3. The third-order valence-electron chi connectivity index (χ3n) is 4.89. The van der Waals surface area contributed by atoms with Gasteiger partial charge in [-0.15, -0.1) is 0 Å². The summed E-state index contributed by atoms with van der Waals surface area (Å²) >= 11 is 0. The van der Waals surface area contributed by atoms with E-state index in [2.05, 4.69) is 20.9 Å². The highest BCUT2D eigenvalue weighted by Crippen LogP contribution is 2.21. The number of rotatable bonds is 6. The van der Waals surface area contributed by atoms with Gasteiger partial charge in [0.1, 0.15) is 17.7 Å². The fraction of sp³-hybridized carbons (Fsp3) is 0.182. The number of fused-ring (bicyclic) bond motifs is 1. The topological polar surface area (TPSA) is 51.9 Å². The summed E-state index contributed by atoms with van der Waals surface area (Å²) in [6, 6.07) is 15.8. The molecule has 6 heteroatoms. The van der Waals surface area contributed by atoms with Crippen LogP contribution in [0.15, 0.2) is 73.2 Å². The normalized spacial score (nSPS) is 12.2. The SMILES string of the molecule is Cn1ccnc1C(NC(=O)CCn1ccc2ccccc21)c1ccc(F)cc1. The highest BCUT2D eigenvalue weighted by Gasteiger charge is 2.20. The van der Waals surface area contributed by atoms with Crippen LogP contribution in [-0.2, 0) is 18.4 Å². The number of hydrogen-bond acceptors (Lipinski definition) is 2. The summed E-state index contributed by atoms with van der Waals surface area (Å²) in [5.41, 5.74) is 1.89. The van der Waals surface area contributed by atoms with Crippen molar-refractivity contribution < 1.29 is 9.18 Å². The van der Waals surface area contributed by atoms with Gasteiger partial charge >= 0.3 is 0 Å². The molecule has 0 aliphatic rings. The van der Waals surface area contributed by atoms with Crippen LogP contribution in [0, 0.1) is 5.82 Å². The molecule has 5 nitrogen and oxygen atoms in total. The minimum Gasteiger partial charge on any atom is -0.347 e. The van der Waals surface area contributed by atoms with Crippen LogP contribution in [0.2, 0.25) is 0 Å². The van der Waals surface area contributed by atoms with Crippen molar-refractivity contribution in [1.82, 2.24) is 19.4 Å². The molecule has 0 aliphatic carbocycles. The third kappa shape index (κ3) is 3.67. The van der Waals surface area contributed by atoms with Crippen molar-refractivity contribution in [2.75, 3.05) is 0 Å². The van der Waals surface area contributed by atoms with Gasteiger partial charge in [-0.2, -0.15) is 0 Å². The predicted molar refractivity (Wildman–Crippen MR) is 106 cm³/mol. The minimum absolute atomic E-state index is 0.0879. The maximum absolute atomic E-state index is 13.3. The van der Waals surface area contributed by atoms with Crippen molar-refractivity contribution >= 4 is 16.8 Å². The molecule has 2 aromatic heterocycles. The molecule has 1 amide bonds. The average molecular weight is 376 g/mol. The van der Waals surface area contributed by atoms with Crippen LogP contribution < -0.4 is 5.32 Å². The van der Waals surface area contributed by atoms with Gasteiger partial charge in [0.2, 0.25) is 5.91 Å². The number of hydrogen-bond donors (Lipinski definition) is 1. The summed E-state index contributed by atoms with van der Waals surface area (Å²) in [7, 11) is 1.87. The summed E-state index contributed by atoms with van der Waals surface area (Å²) in [4.78, 5) is 17.1. The molecule has 1 atom stereocenters. The van der Waals surface area contributed by atoms with Crippen LogP contribution >= 0.6 is 0 Å². The molecule has 0 spiro atoms. The van der Waals surface area contributed by atoms with Crippen LogP contribution in [0.25, 0.3) is 10.9 Å². The molecular formula is C22H21FN4O. The second-order valence-electron chi connectivity index (χ2n) is 6.77. The molecule has 4 rings (SSSR count).